The summed E-state index contributed by atoms with van der Waals surface area (Å²) < 4.78 is 15.8. The van der Waals surface area contributed by atoms with E-state index in [1.54, 1.807) is 13.8 Å². The van der Waals surface area contributed by atoms with Crippen LogP contribution >= 0.6 is 0 Å². The summed E-state index contributed by atoms with van der Waals surface area (Å²) in [6, 6.07) is 27.3. The molecule has 0 aliphatic carbocycles. The first-order chi connectivity index (χ1) is 18.9. The number of ether oxygens (including phenoxy) is 3. The maximum atomic E-state index is 11.4. The Kier molecular flexibility index (Phi) is 14.6. The maximum absolute atomic E-state index is 11.4. The SMILES string of the molecule is CCOC(=O)NCCC(O)c1ccccc1.CCOC(=O)NCCC(Oc1ccccc1C)c1ccccc1. The number of aliphatic hydroxyl groups is 1. The van der Waals surface area contributed by atoms with E-state index in [-0.39, 0.29) is 6.10 Å². The average Bonchev–Trinajstić information content (AvgIpc) is 2.95. The van der Waals surface area contributed by atoms with Crippen molar-refractivity contribution in [2.75, 3.05) is 26.3 Å². The Hall–Kier alpha value is -4.04. The van der Waals surface area contributed by atoms with Crippen LogP contribution in [0.25, 0.3) is 0 Å². The van der Waals surface area contributed by atoms with Crippen LogP contribution in [0, 0.1) is 6.92 Å². The van der Waals surface area contributed by atoms with Crippen LogP contribution in [0.1, 0.15) is 55.6 Å². The zero-order valence-corrected chi connectivity index (χ0v) is 23.0. The second-order valence-electron chi connectivity index (χ2n) is 8.58. The number of amides is 2. The van der Waals surface area contributed by atoms with Gasteiger partial charge in [-0.25, -0.2) is 9.59 Å². The van der Waals surface area contributed by atoms with Crippen LogP contribution in [0.5, 0.6) is 5.75 Å². The Morgan fingerprint density at radius 3 is 1.74 bits per heavy atom. The van der Waals surface area contributed by atoms with Gasteiger partial charge in [0.25, 0.3) is 0 Å². The predicted molar refractivity (Wildman–Crippen MR) is 152 cm³/mol. The van der Waals surface area contributed by atoms with Crippen molar-refractivity contribution in [1.29, 1.82) is 0 Å². The van der Waals surface area contributed by atoms with Gasteiger partial charge in [-0.1, -0.05) is 78.9 Å². The number of hydrogen-bond acceptors (Lipinski definition) is 6. The average molecular weight is 537 g/mol. The van der Waals surface area contributed by atoms with Crippen LogP contribution in [0.2, 0.25) is 0 Å². The summed E-state index contributed by atoms with van der Waals surface area (Å²) in [6.07, 6.45) is -0.375. The van der Waals surface area contributed by atoms with Crippen LogP contribution in [0.4, 0.5) is 9.59 Å². The Labute approximate surface area is 231 Å². The van der Waals surface area contributed by atoms with Crippen LogP contribution < -0.4 is 15.4 Å². The molecule has 39 heavy (non-hydrogen) atoms. The van der Waals surface area contributed by atoms with Crippen molar-refractivity contribution in [3.05, 3.63) is 102 Å². The van der Waals surface area contributed by atoms with Crippen molar-refractivity contribution < 1.29 is 28.9 Å². The van der Waals surface area contributed by atoms with Gasteiger partial charge in [0.15, 0.2) is 0 Å². The number of nitrogens with one attached hydrogen (secondary N) is 2. The molecule has 2 unspecified atom stereocenters. The minimum absolute atomic E-state index is 0.126. The van der Waals surface area contributed by atoms with Gasteiger partial charge >= 0.3 is 12.2 Å². The van der Waals surface area contributed by atoms with E-state index in [0.29, 0.717) is 39.1 Å². The van der Waals surface area contributed by atoms with E-state index in [0.717, 1.165) is 22.4 Å². The van der Waals surface area contributed by atoms with Gasteiger partial charge < -0.3 is 30.0 Å². The molecule has 3 aromatic rings. The molecule has 0 saturated heterocycles. The summed E-state index contributed by atoms with van der Waals surface area (Å²) in [6.45, 7) is 7.17. The summed E-state index contributed by atoms with van der Waals surface area (Å²) in [7, 11) is 0. The quantitative estimate of drug-likeness (QED) is 0.258. The number of para-hydroxylation sites is 1. The molecule has 0 radical (unpaired) electrons. The fraction of sp³-hybridized carbons (Fsp3) is 0.355. The molecule has 0 bridgehead atoms. The smallest absolute Gasteiger partial charge is 0.407 e. The Balaban J connectivity index is 0.000000293. The minimum Gasteiger partial charge on any atom is -0.485 e. The van der Waals surface area contributed by atoms with Crippen LogP contribution in [0.3, 0.4) is 0 Å². The fourth-order valence-electron chi connectivity index (χ4n) is 3.63. The molecule has 210 valence electrons. The number of carbonyl (C=O) groups excluding carboxylic acids is 2. The maximum Gasteiger partial charge on any atom is 0.407 e. The topological polar surface area (TPSA) is 106 Å². The lowest BCUT2D eigenvalue weighted by molar-refractivity contribution is 0.143. The summed E-state index contributed by atoms with van der Waals surface area (Å²) >= 11 is 0. The monoisotopic (exact) mass is 536 g/mol. The lowest BCUT2D eigenvalue weighted by Crippen LogP contribution is -2.27. The highest BCUT2D eigenvalue weighted by Crippen LogP contribution is 2.27. The predicted octanol–water partition coefficient (Wildman–Crippen LogP) is 6.11. The molecule has 0 heterocycles. The van der Waals surface area contributed by atoms with Gasteiger partial charge in [-0.05, 0) is 49.9 Å². The van der Waals surface area contributed by atoms with Gasteiger partial charge in [0.2, 0.25) is 0 Å². The van der Waals surface area contributed by atoms with E-state index in [1.807, 2.05) is 91.9 Å². The first kappa shape index (κ1) is 31.2. The second-order valence-corrected chi connectivity index (χ2v) is 8.58. The molecule has 3 aromatic carbocycles. The Bertz CT molecular complexity index is 1090. The van der Waals surface area contributed by atoms with E-state index >= 15 is 0 Å². The highest BCUT2D eigenvalue weighted by atomic mass is 16.6. The number of alkyl carbamates (subject to hydrolysis) is 2. The second kappa shape index (κ2) is 18.3. The summed E-state index contributed by atoms with van der Waals surface area (Å²) in [4.78, 5) is 22.3. The molecule has 3 rings (SSSR count). The fourth-order valence-corrected chi connectivity index (χ4v) is 3.63. The number of rotatable bonds is 12. The lowest BCUT2D eigenvalue weighted by Gasteiger charge is -2.21. The standard InChI is InChI=1S/C19H23NO3.C12H17NO3/c1-3-22-19(21)20-14-13-18(16-10-5-4-6-11-16)23-17-12-8-7-9-15(17)2;1-2-16-12(15)13-9-8-11(14)10-6-4-3-5-7-10/h4-12,18H,3,13-14H2,1-2H3,(H,20,21);3-7,11,14H,2,8-9H2,1H3,(H,13,15). The number of aryl methyl sites for hydroxylation is 1. The van der Waals surface area contributed by atoms with Crippen molar-refractivity contribution in [2.45, 2.75) is 45.8 Å². The molecule has 0 saturated carbocycles. The molecule has 3 N–H and O–H groups in total. The molecule has 2 amide bonds. The molecule has 0 aliphatic rings. The minimum atomic E-state index is -0.553. The molecule has 8 heteroatoms. The first-order valence-electron chi connectivity index (χ1n) is 13.3. The normalized spacial score (nSPS) is 11.7. The highest BCUT2D eigenvalue weighted by Gasteiger charge is 2.15. The molecule has 2 atom stereocenters. The van der Waals surface area contributed by atoms with Crippen molar-refractivity contribution in [1.82, 2.24) is 10.6 Å². The lowest BCUT2D eigenvalue weighted by atomic mass is 10.1. The third-order valence-corrected chi connectivity index (χ3v) is 5.63. The zero-order chi connectivity index (χ0) is 28.3. The van der Waals surface area contributed by atoms with Crippen molar-refractivity contribution in [3.63, 3.8) is 0 Å². The van der Waals surface area contributed by atoms with Crippen LogP contribution in [0.15, 0.2) is 84.9 Å². The summed E-state index contributed by atoms with van der Waals surface area (Å²) in [5.74, 6) is 0.859. The molecule has 0 spiro atoms. The van der Waals surface area contributed by atoms with E-state index in [1.165, 1.54) is 0 Å². The van der Waals surface area contributed by atoms with E-state index in [2.05, 4.69) is 10.6 Å². The van der Waals surface area contributed by atoms with Crippen LogP contribution in [-0.2, 0) is 9.47 Å². The first-order valence-corrected chi connectivity index (χ1v) is 13.3. The Morgan fingerprint density at radius 2 is 1.21 bits per heavy atom. The molecule has 0 aliphatic heterocycles. The zero-order valence-electron chi connectivity index (χ0n) is 23.0. The van der Waals surface area contributed by atoms with Gasteiger partial charge in [-0.3, -0.25) is 0 Å². The molecule has 0 fully saturated rings. The van der Waals surface area contributed by atoms with E-state index in [4.69, 9.17) is 14.2 Å². The van der Waals surface area contributed by atoms with Crippen molar-refractivity contribution >= 4 is 12.2 Å². The number of benzene rings is 3. The molecule has 0 aromatic heterocycles. The number of aliphatic hydroxyl groups excluding tert-OH is 1. The van der Waals surface area contributed by atoms with Crippen molar-refractivity contribution in [3.8, 4) is 5.75 Å². The number of carbonyl (C=O) groups is 2. The van der Waals surface area contributed by atoms with Gasteiger partial charge in [0.05, 0.1) is 19.3 Å². The third kappa shape index (κ3) is 12.4. The number of hydrogen-bond donors (Lipinski definition) is 3. The summed E-state index contributed by atoms with van der Waals surface area (Å²) in [5.41, 5.74) is 3.03. The van der Waals surface area contributed by atoms with E-state index in [9.17, 15) is 14.7 Å². The van der Waals surface area contributed by atoms with Gasteiger partial charge in [-0.2, -0.15) is 0 Å². The molecule has 8 nitrogen and oxygen atoms in total. The van der Waals surface area contributed by atoms with Gasteiger partial charge in [0.1, 0.15) is 11.9 Å². The largest absolute Gasteiger partial charge is 0.485 e. The van der Waals surface area contributed by atoms with Crippen LogP contribution in [-0.4, -0.2) is 43.6 Å². The third-order valence-electron chi connectivity index (χ3n) is 5.63. The summed E-state index contributed by atoms with van der Waals surface area (Å²) in [5, 5.41) is 15.1. The Morgan fingerprint density at radius 1 is 0.718 bits per heavy atom. The van der Waals surface area contributed by atoms with Gasteiger partial charge in [0, 0.05) is 19.5 Å². The van der Waals surface area contributed by atoms with Gasteiger partial charge in [-0.15, -0.1) is 0 Å². The molecular weight excluding hydrogens is 496 g/mol. The van der Waals surface area contributed by atoms with E-state index < -0.39 is 18.3 Å². The highest BCUT2D eigenvalue weighted by molar-refractivity contribution is 5.67. The molecular formula is C31H40N2O6. The van der Waals surface area contributed by atoms with Crippen molar-refractivity contribution in [2.24, 2.45) is 0 Å².